The molecule has 2 aromatic heterocycles. The van der Waals surface area contributed by atoms with Crippen LogP contribution in [0.25, 0.3) is 27.6 Å². The summed E-state index contributed by atoms with van der Waals surface area (Å²) < 4.78 is 6.84. The number of fused-ring (bicyclic) bond motifs is 3. The number of para-hydroxylation sites is 1. The number of thioether (sulfide) groups is 1. The number of H-pyrrole nitrogens is 1. The second kappa shape index (κ2) is 8.94. The number of rotatable bonds is 5. The summed E-state index contributed by atoms with van der Waals surface area (Å²) >= 11 is 1.31. The zero-order valence-corrected chi connectivity index (χ0v) is 19.5. The molecule has 4 aromatic rings. The molecule has 8 heteroatoms. The number of methoxy groups -OCH3 is 1. The van der Waals surface area contributed by atoms with E-state index in [1.807, 2.05) is 53.4 Å². The van der Waals surface area contributed by atoms with E-state index < -0.39 is 0 Å². The van der Waals surface area contributed by atoms with E-state index in [-0.39, 0.29) is 17.2 Å². The third-order valence-corrected chi connectivity index (χ3v) is 7.21. The molecule has 0 saturated carbocycles. The molecule has 0 atom stereocenters. The fraction of sp³-hybridized carbons (Fsp3) is 0.320. The maximum atomic E-state index is 13.6. The summed E-state index contributed by atoms with van der Waals surface area (Å²) in [4.78, 5) is 36.5. The highest BCUT2D eigenvalue weighted by atomic mass is 32.2. The zero-order chi connectivity index (χ0) is 22.9. The van der Waals surface area contributed by atoms with E-state index in [0.717, 1.165) is 36.8 Å². The largest absolute Gasteiger partial charge is 0.497 e. The first kappa shape index (κ1) is 21.6. The summed E-state index contributed by atoms with van der Waals surface area (Å²) in [5.74, 6) is 1.69. The molecule has 170 valence electrons. The summed E-state index contributed by atoms with van der Waals surface area (Å²) in [7, 11) is 1.60. The average molecular weight is 463 g/mol. The number of likely N-dealkylation sites (tertiary alicyclic amines) is 1. The maximum Gasteiger partial charge on any atom is 0.283 e. The number of nitrogens with zero attached hydrogens (tertiary/aromatic N) is 3. The number of hydrogen-bond acceptors (Lipinski definition) is 5. The van der Waals surface area contributed by atoms with Gasteiger partial charge in [0.05, 0.1) is 18.6 Å². The second-order valence-corrected chi connectivity index (χ2v) is 9.42. The number of aromatic nitrogens is 3. The van der Waals surface area contributed by atoms with Crippen LogP contribution in [0.4, 0.5) is 0 Å². The van der Waals surface area contributed by atoms with Gasteiger partial charge in [-0.2, -0.15) is 0 Å². The van der Waals surface area contributed by atoms with E-state index in [9.17, 15) is 9.59 Å². The Kier molecular flexibility index (Phi) is 5.85. The Morgan fingerprint density at radius 2 is 1.88 bits per heavy atom. The second-order valence-electron chi connectivity index (χ2n) is 8.48. The molecule has 33 heavy (non-hydrogen) atoms. The van der Waals surface area contributed by atoms with E-state index in [1.165, 1.54) is 11.8 Å². The van der Waals surface area contributed by atoms with Gasteiger partial charge in [-0.3, -0.25) is 14.2 Å². The molecular formula is C25H26N4O3S. The number of amides is 1. The summed E-state index contributed by atoms with van der Waals surface area (Å²) in [6.07, 6.45) is 2.07. The standard InChI is InChI=1S/C25H26N4O3S/c1-16-11-13-28(14-12-16)21(30)15-33-25-27-22-19-5-3-4-6-20(19)26-23(22)24(31)29(25)17-7-9-18(32-2)10-8-17/h3-10,16,26H,11-15H2,1-2H3. The van der Waals surface area contributed by atoms with Crippen LogP contribution in [-0.4, -0.2) is 51.3 Å². The summed E-state index contributed by atoms with van der Waals surface area (Å²) in [6.45, 7) is 3.81. The number of hydrogen-bond donors (Lipinski definition) is 1. The fourth-order valence-corrected chi connectivity index (χ4v) is 5.18. The maximum absolute atomic E-state index is 13.6. The first-order valence-corrected chi connectivity index (χ1v) is 12.1. The number of nitrogens with one attached hydrogen (secondary N) is 1. The van der Waals surface area contributed by atoms with Gasteiger partial charge in [-0.25, -0.2) is 4.98 Å². The van der Waals surface area contributed by atoms with Gasteiger partial charge in [-0.15, -0.1) is 0 Å². The molecule has 0 aliphatic carbocycles. The van der Waals surface area contributed by atoms with Crippen LogP contribution in [0.5, 0.6) is 5.75 Å². The fourth-order valence-electron chi connectivity index (χ4n) is 4.27. The summed E-state index contributed by atoms with van der Waals surface area (Å²) in [5.41, 5.74) is 2.42. The third-order valence-electron chi connectivity index (χ3n) is 6.29. The van der Waals surface area contributed by atoms with Crippen LogP contribution < -0.4 is 10.3 Å². The van der Waals surface area contributed by atoms with Crippen molar-refractivity contribution >= 4 is 39.6 Å². The first-order chi connectivity index (χ1) is 16.0. The Labute approximate surface area is 195 Å². The molecule has 3 heterocycles. The third kappa shape index (κ3) is 4.11. The quantitative estimate of drug-likeness (QED) is 0.355. The van der Waals surface area contributed by atoms with Crippen molar-refractivity contribution in [2.45, 2.75) is 24.9 Å². The van der Waals surface area contributed by atoms with Crippen LogP contribution in [0.3, 0.4) is 0 Å². The van der Waals surface area contributed by atoms with E-state index in [4.69, 9.17) is 9.72 Å². The molecule has 1 aliphatic rings. The lowest BCUT2D eigenvalue weighted by molar-refractivity contribution is -0.129. The molecular weight excluding hydrogens is 436 g/mol. The Hall–Kier alpha value is -3.26. The van der Waals surface area contributed by atoms with Gasteiger partial charge in [0.15, 0.2) is 5.16 Å². The van der Waals surface area contributed by atoms with Crippen molar-refractivity contribution in [1.82, 2.24) is 19.4 Å². The van der Waals surface area contributed by atoms with Gasteiger partial charge >= 0.3 is 0 Å². The van der Waals surface area contributed by atoms with Crippen molar-refractivity contribution in [3.05, 3.63) is 58.9 Å². The van der Waals surface area contributed by atoms with Crippen LogP contribution in [-0.2, 0) is 4.79 Å². The Morgan fingerprint density at radius 1 is 1.15 bits per heavy atom. The monoisotopic (exact) mass is 462 g/mol. The molecule has 1 N–H and O–H groups in total. The smallest absolute Gasteiger partial charge is 0.283 e. The van der Waals surface area contributed by atoms with Crippen molar-refractivity contribution in [1.29, 1.82) is 0 Å². The number of ether oxygens (including phenoxy) is 1. The molecule has 2 aromatic carbocycles. The lowest BCUT2D eigenvalue weighted by Gasteiger charge is -2.30. The highest BCUT2D eigenvalue weighted by Crippen LogP contribution is 2.27. The van der Waals surface area contributed by atoms with Crippen molar-refractivity contribution in [2.75, 3.05) is 26.0 Å². The van der Waals surface area contributed by atoms with Gasteiger partial charge in [-0.1, -0.05) is 36.9 Å². The molecule has 0 bridgehead atoms. The highest BCUT2D eigenvalue weighted by Gasteiger charge is 2.22. The van der Waals surface area contributed by atoms with Crippen LogP contribution in [0.15, 0.2) is 58.5 Å². The molecule has 1 fully saturated rings. The molecule has 7 nitrogen and oxygen atoms in total. The van der Waals surface area contributed by atoms with Crippen molar-refractivity contribution < 1.29 is 9.53 Å². The molecule has 1 aliphatic heterocycles. The van der Waals surface area contributed by atoms with Gasteiger partial charge in [0.1, 0.15) is 16.8 Å². The normalized spacial score (nSPS) is 14.8. The van der Waals surface area contributed by atoms with Gasteiger partial charge in [-0.05, 0) is 49.1 Å². The van der Waals surface area contributed by atoms with E-state index in [2.05, 4.69) is 11.9 Å². The minimum absolute atomic E-state index is 0.0847. The van der Waals surface area contributed by atoms with Crippen molar-refractivity contribution in [3.8, 4) is 11.4 Å². The molecule has 0 spiro atoms. The molecule has 1 saturated heterocycles. The predicted molar refractivity (Wildman–Crippen MR) is 131 cm³/mol. The molecule has 0 unspecified atom stereocenters. The SMILES string of the molecule is COc1ccc(-n2c(SCC(=O)N3CCC(C)CC3)nc3c([nH]c4ccccc43)c2=O)cc1. The first-order valence-electron chi connectivity index (χ1n) is 11.1. The topological polar surface area (TPSA) is 80.2 Å². The molecule has 1 amide bonds. The van der Waals surface area contributed by atoms with Gasteiger partial charge in [0.2, 0.25) is 5.91 Å². The van der Waals surface area contributed by atoms with Crippen molar-refractivity contribution in [3.63, 3.8) is 0 Å². The van der Waals surface area contributed by atoms with Gasteiger partial charge in [0.25, 0.3) is 5.56 Å². The number of benzene rings is 2. The highest BCUT2D eigenvalue weighted by molar-refractivity contribution is 7.99. The average Bonchev–Trinajstić information content (AvgIpc) is 3.22. The lowest BCUT2D eigenvalue weighted by Crippen LogP contribution is -2.39. The summed E-state index contributed by atoms with van der Waals surface area (Å²) in [6, 6.07) is 15.0. The number of piperidine rings is 1. The number of carbonyl (C=O) groups excluding carboxylic acids is 1. The minimum atomic E-state index is -0.192. The van der Waals surface area contributed by atoms with Crippen LogP contribution in [0.2, 0.25) is 0 Å². The van der Waals surface area contributed by atoms with E-state index >= 15 is 0 Å². The Balaban J connectivity index is 1.56. The van der Waals surface area contributed by atoms with E-state index in [0.29, 0.717) is 33.5 Å². The van der Waals surface area contributed by atoms with Gasteiger partial charge in [0, 0.05) is 24.0 Å². The van der Waals surface area contributed by atoms with E-state index in [1.54, 1.807) is 11.7 Å². The van der Waals surface area contributed by atoms with Crippen LogP contribution >= 0.6 is 11.8 Å². The van der Waals surface area contributed by atoms with Crippen LogP contribution in [0, 0.1) is 5.92 Å². The van der Waals surface area contributed by atoms with Gasteiger partial charge < -0.3 is 14.6 Å². The Morgan fingerprint density at radius 3 is 2.61 bits per heavy atom. The predicted octanol–water partition coefficient (Wildman–Crippen LogP) is 4.23. The summed E-state index contributed by atoms with van der Waals surface area (Å²) in [5, 5.41) is 1.39. The lowest BCUT2D eigenvalue weighted by atomic mass is 9.99. The van der Waals surface area contributed by atoms with Crippen LogP contribution in [0.1, 0.15) is 19.8 Å². The van der Waals surface area contributed by atoms with Crippen molar-refractivity contribution in [2.24, 2.45) is 5.92 Å². The molecule has 0 radical (unpaired) electrons. The number of aromatic amines is 1. The Bertz CT molecular complexity index is 1370. The number of carbonyl (C=O) groups is 1. The molecule has 5 rings (SSSR count). The zero-order valence-electron chi connectivity index (χ0n) is 18.7. The minimum Gasteiger partial charge on any atom is -0.497 e.